The first-order valence-electron chi connectivity index (χ1n) is 3.07. The van der Waals surface area contributed by atoms with Gasteiger partial charge in [-0.15, -0.1) is 23.2 Å². The molecular formula is C5H10Cl2N2. The van der Waals surface area contributed by atoms with Crippen molar-refractivity contribution in [1.82, 2.24) is 10.9 Å². The third kappa shape index (κ3) is 2.30. The van der Waals surface area contributed by atoms with E-state index in [1.807, 2.05) is 0 Å². The molecule has 0 amide bonds. The molecule has 0 bridgehead atoms. The molecule has 1 aliphatic rings. The summed E-state index contributed by atoms with van der Waals surface area (Å²) in [6.07, 6.45) is 2.07. The molecule has 0 radical (unpaired) electrons. The van der Waals surface area contributed by atoms with E-state index in [1.54, 1.807) is 0 Å². The van der Waals surface area contributed by atoms with Crippen LogP contribution < -0.4 is 10.9 Å². The van der Waals surface area contributed by atoms with Gasteiger partial charge in [0.2, 0.25) is 0 Å². The van der Waals surface area contributed by atoms with Crippen LogP contribution in [0.3, 0.4) is 0 Å². The molecule has 0 spiro atoms. The Morgan fingerprint density at radius 1 is 1.33 bits per heavy atom. The molecule has 2 atom stereocenters. The van der Waals surface area contributed by atoms with E-state index >= 15 is 0 Å². The van der Waals surface area contributed by atoms with E-state index in [9.17, 15) is 0 Å². The number of hydrazine groups is 1. The summed E-state index contributed by atoms with van der Waals surface area (Å²) in [4.78, 5) is 0. The molecule has 9 heavy (non-hydrogen) atoms. The van der Waals surface area contributed by atoms with Crippen molar-refractivity contribution >= 4 is 23.2 Å². The van der Waals surface area contributed by atoms with Crippen molar-refractivity contribution in [1.29, 1.82) is 0 Å². The van der Waals surface area contributed by atoms with Crippen molar-refractivity contribution in [2.45, 2.75) is 23.7 Å². The lowest BCUT2D eigenvalue weighted by Crippen LogP contribution is -2.39. The maximum absolute atomic E-state index is 5.84. The van der Waals surface area contributed by atoms with Crippen LogP contribution in [0.15, 0.2) is 0 Å². The van der Waals surface area contributed by atoms with Crippen molar-refractivity contribution in [2.75, 3.05) is 6.54 Å². The van der Waals surface area contributed by atoms with Crippen molar-refractivity contribution < 1.29 is 0 Å². The fraction of sp³-hybridized carbons (Fsp3) is 1.00. The van der Waals surface area contributed by atoms with E-state index in [0.717, 1.165) is 19.4 Å². The fourth-order valence-corrected chi connectivity index (χ4v) is 1.21. The third-order valence-corrected chi connectivity index (χ3v) is 2.35. The number of hydrogen-bond acceptors (Lipinski definition) is 2. The molecule has 1 saturated heterocycles. The van der Waals surface area contributed by atoms with Gasteiger partial charge in [-0.2, -0.15) is 0 Å². The van der Waals surface area contributed by atoms with Gasteiger partial charge < -0.3 is 0 Å². The molecule has 4 heteroatoms. The zero-order chi connectivity index (χ0) is 6.69. The average molecular weight is 169 g/mol. The number of alkyl halides is 2. The Bertz CT molecular complexity index is 79.0. The molecule has 1 rings (SSSR count). The largest absolute Gasteiger partial charge is 0.256 e. The van der Waals surface area contributed by atoms with Gasteiger partial charge in [-0.3, -0.25) is 5.43 Å². The van der Waals surface area contributed by atoms with Crippen molar-refractivity contribution in [3.8, 4) is 0 Å². The third-order valence-electron chi connectivity index (χ3n) is 1.34. The minimum Gasteiger partial charge on any atom is -0.256 e. The Morgan fingerprint density at radius 2 is 2.11 bits per heavy atom. The molecule has 1 heterocycles. The van der Waals surface area contributed by atoms with Gasteiger partial charge in [0.25, 0.3) is 0 Å². The molecule has 0 saturated carbocycles. The Balaban J connectivity index is 2.32. The predicted octanol–water partition coefficient (Wildman–Crippen LogP) is 1.05. The molecule has 0 aromatic heterocycles. The van der Waals surface area contributed by atoms with E-state index in [1.165, 1.54) is 0 Å². The molecule has 54 valence electrons. The number of nitrogens with one attached hydrogen (secondary N) is 2. The SMILES string of the molecule is ClC1CCCNNC1Cl. The van der Waals surface area contributed by atoms with Gasteiger partial charge in [-0.1, -0.05) is 0 Å². The van der Waals surface area contributed by atoms with Gasteiger partial charge in [0, 0.05) is 6.54 Å². The summed E-state index contributed by atoms with van der Waals surface area (Å²) in [7, 11) is 0. The second-order valence-corrected chi connectivity index (χ2v) is 3.16. The average Bonchev–Trinajstić information content (AvgIpc) is 1.99. The molecule has 1 fully saturated rings. The minimum absolute atomic E-state index is 0.0571. The van der Waals surface area contributed by atoms with Gasteiger partial charge in [-0.05, 0) is 12.8 Å². The lowest BCUT2D eigenvalue weighted by molar-refractivity contribution is 0.544. The van der Waals surface area contributed by atoms with Gasteiger partial charge >= 0.3 is 0 Å². The van der Waals surface area contributed by atoms with Crippen LogP contribution in [0, 0.1) is 0 Å². The minimum atomic E-state index is -0.130. The topological polar surface area (TPSA) is 24.1 Å². The summed E-state index contributed by atoms with van der Waals surface area (Å²) in [5.74, 6) is 0. The fourth-order valence-electron chi connectivity index (χ4n) is 0.792. The van der Waals surface area contributed by atoms with Gasteiger partial charge in [0.15, 0.2) is 0 Å². The highest BCUT2D eigenvalue weighted by atomic mass is 35.5. The lowest BCUT2D eigenvalue weighted by Gasteiger charge is -2.11. The normalized spacial score (nSPS) is 38.0. The Hall–Kier alpha value is 0.500. The second kappa shape index (κ2) is 3.62. The molecule has 1 aliphatic heterocycles. The smallest absolute Gasteiger partial charge is 0.111 e. The molecule has 2 N–H and O–H groups in total. The summed E-state index contributed by atoms with van der Waals surface area (Å²) in [6, 6.07) is 0. The van der Waals surface area contributed by atoms with E-state index in [2.05, 4.69) is 10.9 Å². The predicted molar refractivity (Wildman–Crippen MR) is 39.7 cm³/mol. The Morgan fingerprint density at radius 3 is 2.89 bits per heavy atom. The summed E-state index contributed by atoms with van der Waals surface area (Å²) < 4.78 is 0. The quantitative estimate of drug-likeness (QED) is 0.418. The molecular weight excluding hydrogens is 159 g/mol. The first-order valence-corrected chi connectivity index (χ1v) is 3.94. The zero-order valence-electron chi connectivity index (χ0n) is 5.03. The maximum Gasteiger partial charge on any atom is 0.111 e. The number of rotatable bonds is 0. The highest BCUT2D eigenvalue weighted by Crippen LogP contribution is 2.14. The molecule has 0 aromatic rings. The van der Waals surface area contributed by atoms with Crippen LogP contribution in [0.25, 0.3) is 0 Å². The van der Waals surface area contributed by atoms with Crippen LogP contribution in [-0.4, -0.2) is 17.4 Å². The first kappa shape index (κ1) is 7.61. The van der Waals surface area contributed by atoms with Crippen molar-refractivity contribution in [2.24, 2.45) is 0 Å². The van der Waals surface area contributed by atoms with Crippen LogP contribution in [-0.2, 0) is 0 Å². The number of halogens is 2. The molecule has 2 nitrogen and oxygen atoms in total. The van der Waals surface area contributed by atoms with Crippen LogP contribution in [0.2, 0.25) is 0 Å². The second-order valence-electron chi connectivity index (χ2n) is 2.13. The van der Waals surface area contributed by atoms with E-state index in [4.69, 9.17) is 23.2 Å². The van der Waals surface area contributed by atoms with Crippen molar-refractivity contribution in [3.05, 3.63) is 0 Å². The Labute approximate surface area is 64.9 Å². The highest BCUT2D eigenvalue weighted by molar-refractivity contribution is 6.29. The molecule has 2 unspecified atom stereocenters. The summed E-state index contributed by atoms with van der Waals surface area (Å²) in [5.41, 5.74) is 5.71. The summed E-state index contributed by atoms with van der Waals surface area (Å²) in [6.45, 7) is 0.951. The molecule has 0 aliphatic carbocycles. The zero-order valence-corrected chi connectivity index (χ0v) is 6.54. The lowest BCUT2D eigenvalue weighted by atomic mass is 10.2. The van der Waals surface area contributed by atoms with Crippen LogP contribution >= 0.6 is 23.2 Å². The number of hydrogen-bond donors (Lipinski definition) is 2. The summed E-state index contributed by atoms with van der Waals surface area (Å²) >= 11 is 11.6. The van der Waals surface area contributed by atoms with Crippen LogP contribution in [0.1, 0.15) is 12.8 Å². The van der Waals surface area contributed by atoms with Gasteiger partial charge in [0.1, 0.15) is 5.50 Å². The highest BCUT2D eigenvalue weighted by Gasteiger charge is 2.17. The first-order chi connectivity index (χ1) is 4.30. The van der Waals surface area contributed by atoms with E-state index in [0.29, 0.717) is 0 Å². The molecule has 0 aromatic carbocycles. The monoisotopic (exact) mass is 168 g/mol. The Kier molecular flexibility index (Phi) is 3.06. The van der Waals surface area contributed by atoms with Gasteiger partial charge in [0.05, 0.1) is 5.38 Å². The van der Waals surface area contributed by atoms with Crippen LogP contribution in [0.4, 0.5) is 0 Å². The van der Waals surface area contributed by atoms with E-state index in [-0.39, 0.29) is 10.9 Å². The van der Waals surface area contributed by atoms with E-state index < -0.39 is 0 Å². The maximum atomic E-state index is 5.84. The van der Waals surface area contributed by atoms with Crippen molar-refractivity contribution in [3.63, 3.8) is 0 Å². The summed E-state index contributed by atoms with van der Waals surface area (Å²) in [5, 5.41) is 0.0571. The standard InChI is InChI=1S/C5H10Cl2N2/c6-4-2-1-3-8-9-5(4)7/h4-5,8-9H,1-3H2. The van der Waals surface area contributed by atoms with Crippen LogP contribution in [0.5, 0.6) is 0 Å². The van der Waals surface area contributed by atoms with Gasteiger partial charge in [-0.25, -0.2) is 5.43 Å².